The predicted octanol–water partition coefficient (Wildman–Crippen LogP) is 1.89. The van der Waals surface area contributed by atoms with Crippen LogP contribution >= 0.6 is 0 Å². The highest BCUT2D eigenvalue weighted by Gasteiger charge is 2.31. The second-order valence-electron chi connectivity index (χ2n) is 6.11. The zero-order chi connectivity index (χ0) is 14.7. The molecule has 0 aromatic carbocycles. The van der Waals surface area contributed by atoms with Crippen LogP contribution in [0.15, 0.2) is 12.1 Å². The maximum atomic E-state index is 4.80. The molecule has 2 atom stereocenters. The van der Waals surface area contributed by atoms with Crippen molar-refractivity contribution in [1.82, 2.24) is 15.2 Å². The Balaban J connectivity index is 2.09. The first-order chi connectivity index (χ1) is 9.52. The molecule has 20 heavy (non-hydrogen) atoms. The van der Waals surface area contributed by atoms with E-state index in [1.54, 1.807) is 0 Å². The van der Waals surface area contributed by atoms with Gasteiger partial charge in [-0.3, -0.25) is 0 Å². The van der Waals surface area contributed by atoms with Gasteiger partial charge < -0.3 is 15.1 Å². The molecule has 1 aliphatic heterocycles. The molecule has 0 amide bonds. The fourth-order valence-corrected chi connectivity index (χ4v) is 3.01. The third-order valence-electron chi connectivity index (χ3n) is 4.31. The van der Waals surface area contributed by atoms with Gasteiger partial charge in [-0.1, -0.05) is 19.9 Å². The number of hydrogen-bond acceptors (Lipinski definition) is 4. The Labute approximate surface area is 123 Å². The van der Waals surface area contributed by atoms with Crippen LogP contribution in [0.3, 0.4) is 0 Å². The summed E-state index contributed by atoms with van der Waals surface area (Å²) in [5.41, 5.74) is 2.44. The third kappa shape index (κ3) is 3.30. The first kappa shape index (κ1) is 15.3. The van der Waals surface area contributed by atoms with Gasteiger partial charge >= 0.3 is 0 Å². The van der Waals surface area contributed by atoms with E-state index in [2.05, 4.69) is 62.1 Å². The Hall–Kier alpha value is -1.13. The van der Waals surface area contributed by atoms with Crippen molar-refractivity contribution in [3.8, 4) is 0 Å². The largest absolute Gasteiger partial charge is 0.355 e. The van der Waals surface area contributed by atoms with Gasteiger partial charge in [0.1, 0.15) is 5.82 Å². The zero-order valence-corrected chi connectivity index (χ0v) is 13.5. The van der Waals surface area contributed by atoms with Crippen LogP contribution in [0.25, 0.3) is 0 Å². The van der Waals surface area contributed by atoms with E-state index in [0.717, 1.165) is 37.7 Å². The van der Waals surface area contributed by atoms with E-state index in [1.165, 1.54) is 5.56 Å². The minimum Gasteiger partial charge on any atom is -0.355 e. The van der Waals surface area contributed by atoms with E-state index in [-0.39, 0.29) is 0 Å². The van der Waals surface area contributed by atoms with Crippen molar-refractivity contribution >= 4 is 5.82 Å². The lowest BCUT2D eigenvalue weighted by molar-refractivity contribution is 0.266. The highest BCUT2D eigenvalue weighted by atomic mass is 15.3. The van der Waals surface area contributed by atoms with Crippen LogP contribution in [0, 0.1) is 12.8 Å². The molecule has 4 nitrogen and oxygen atoms in total. The summed E-state index contributed by atoms with van der Waals surface area (Å²) in [7, 11) is 4.34. The van der Waals surface area contributed by atoms with Gasteiger partial charge in [0.05, 0.1) is 0 Å². The van der Waals surface area contributed by atoms with Gasteiger partial charge in [-0.15, -0.1) is 0 Å². The fourth-order valence-electron chi connectivity index (χ4n) is 3.01. The van der Waals surface area contributed by atoms with E-state index in [0.29, 0.717) is 12.0 Å². The summed E-state index contributed by atoms with van der Waals surface area (Å²) >= 11 is 0. The number of anilines is 1. The number of aryl methyl sites for hydroxylation is 1. The molecule has 1 aliphatic rings. The van der Waals surface area contributed by atoms with Crippen molar-refractivity contribution in [2.75, 3.05) is 38.6 Å². The summed E-state index contributed by atoms with van der Waals surface area (Å²) in [5.74, 6) is 1.81. The molecular weight excluding hydrogens is 248 g/mol. The quantitative estimate of drug-likeness (QED) is 0.890. The van der Waals surface area contributed by atoms with E-state index >= 15 is 0 Å². The summed E-state index contributed by atoms with van der Waals surface area (Å²) in [6.07, 6.45) is 0. The smallest absolute Gasteiger partial charge is 0.128 e. The van der Waals surface area contributed by atoms with Gasteiger partial charge in [0.15, 0.2) is 0 Å². The normalized spacial score (nSPS) is 22.8. The van der Waals surface area contributed by atoms with Crippen LogP contribution in [0.4, 0.5) is 5.82 Å². The molecule has 1 saturated heterocycles. The average molecular weight is 276 g/mol. The monoisotopic (exact) mass is 276 g/mol. The van der Waals surface area contributed by atoms with E-state index in [9.17, 15) is 0 Å². The maximum Gasteiger partial charge on any atom is 0.128 e. The average Bonchev–Trinajstić information content (AvgIpc) is 2.79. The van der Waals surface area contributed by atoms with Crippen LogP contribution in [-0.4, -0.2) is 49.7 Å². The second kappa shape index (κ2) is 6.55. The van der Waals surface area contributed by atoms with Crippen LogP contribution in [0.2, 0.25) is 0 Å². The highest BCUT2D eigenvalue weighted by Crippen LogP contribution is 2.25. The molecule has 2 heterocycles. The zero-order valence-electron chi connectivity index (χ0n) is 13.5. The van der Waals surface area contributed by atoms with Crippen LogP contribution in [-0.2, 0) is 6.54 Å². The van der Waals surface area contributed by atoms with E-state index in [1.807, 2.05) is 0 Å². The van der Waals surface area contributed by atoms with Crippen LogP contribution in [0.1, 0.15) is 25.1 Å². The molecule has 2 rings (SSSR count). The molecule has 1 fully saturated rings. The molecule has 4 heteroatoms. The van der Waals surface area contributed by atoms with Crippen LogP contribution in [0.5, 0.6) is 0 Å². The SMILES string of the molecule is CCNCc1ccc(N2CC(C)C(N(C)C)C2)nc1C. The first-order valence-electron chi connectivity index (χ1n) is 7.61. The fraction of sp³-hybridized carbons (Fsp3) is 0.688. The van der Waals surface area contributed by atoms with Crippen molar-refractivity contribution in [1.29, 1.82) is 0 Å². The number of pyridine rings is 1. The number of nitrogens with zero attached hydrogens (tertiary/aromatic N) is 3. The Kier molecular flexibility index (Phi) is 5.00. The van der Waals surface area contributed by atoms with Gasteiger partial charge in [0.25, 0.3) is 0 Å². The topological polar surface area (TPSA) is 31.4 Å². The molecule has 0 aliphatic carbocycles. The number of nitrogens with one attached hydrogen (secondary N) is 1. The molecular formula is C16H28N4. The van der Waals surface area contributed by atoms with Gasteiger partial charge in [0, 0.05) is 31.4 Å². The Bertz CT molecular complexity index is 444. The predicted molar refractivity (Wildman–Crippen MR) is 85.2 cm³/mol. The van der Waals surface area contributed by atoms with Crippen molar-refractivity contribution in [3.05, 3.63) is 23.4 Å². The summed E-state index contributed by atoms with van der Waals surface area (Å²) in [4.78, 5) is 9.55. The minimum absolute atomic E-state index is 0.624. The van der Waals surface area contributed by atoms with Crippen molar-refractivity contribution in [3.63, 3.8) is 0 Å². The summed E-state index contributed by atoms with van der Waals surface area (Å²) in [5, 5.41) is 3.36. The Morgan fingerprint density at radius 1 is 1.35 bits per heavy atom. The molecule has 1 aromatic rings. The van der Waals surface area contributed by atoms with Gasteiger partial charge in [0.2, 0.25) is 0 Å². The van der Waals surface area contributed by atoms with E-state index < -0.39 is 0 Å². The van der Waals surface area contributed by atoms with Crippen molar-refractivity contribution in [2.24, 2.45) is 5.92 Å². The van der Waals surface area contributed by atoms with Gasteiger partial charge in [-0.2, -0.15) is 0 Å². The molecule has 2 unspecified atom stereocenters. The Morgan fingerprint density at radius 3 is 2.65 bits per heavy atom. The summed E-state index contributed by atoms with van der Waals surface area (Å²) in [6, 6.07) is 5.01. The molecule has 1 N–H and O–H groups in total. The lowest BCUT2D eigenvalue weighted by Gasteiger charge is -2.23. The molecule has 0 bridgehead atoms. The summed E-state index contributed by atoms with van der Waals surface area (Å²) < 4.78 is 0. The standard InChI is InChI=1S/C16H28N4/c1-6-17-9-14-7-8-16(18-13(14)3)20-10-12(2)15(11-20)19(4)5/h7-8,12,15,17H,6,9-11H2,1-5H3. The molecule has 1 aromatic heterocycles. The molecule has 112 valence electrons. The van der Waals surface area contributed by atoms with Crippen molar-refractivity contribution < 1.29 is 0 Å². The molecule has 0 saturated carbocycles. The van der Waals surface area contributed by atoms with Crippen LogP contribution < -0.4 is 10.2 Å². The third-order valence-corrected chi connectivity index (χ3v) is 4.31. The number of hydrogen-bond donors (Lipinski definition) is 1. The van der Waals surface area contributed by atoms with E-state index in [4.69, 9.17) is 4.98 Å². The lowest BCUT2D eigenvalue weighted by atomic mass is 10.1. The molecule has 0 spiro atoms. The maximum absolute atomic E-state index is 4.80. The number of rotatable bonds is 5. The lowest BCUT2D eigenvalue weighted by Crippen LogP contribution is -2.34. The van der Waals surface area contributed by atoms with Gasteiger partial charge in [-0.25, -0.2) is 4.98 Å². The second-order valence-corrected chi connectivity index (χ2v) is 6.11. The molecule has 0 radical (unpaired) electrons. The first-order valence-corrected chi connectivity index (χ1v) is 7.61. The summed E-state index contributed by atoms with van der Waals surface area (Å²) in [6.45, 7) is 10.6. The minimum atomic E-state index is 0.624. The number of aromatic nitrogens is 1. The number of likely N-dealkylation sites (N-methyl/N-ethyl adjacent to an activating group) is 1. The Morgan fingerprint density at radius 2 is 2.10 bits per heavy atom. The van der Waals surface area contributed by atoms with Gasteiger partial charge in [-0.05, 0) is 45.1 Å². The van der Waals surface area contributed by atoms with Crippen molar-refractivity contribution in [2.45, 2.75) is 33.4 Å². The highest BCUT2D eigenvalue weighted by molar-refractivity contribution is 5.43.